The highest BCUT2D eigenvalue weighted by molar-refractivity contribution is 5.89. The molecule has 9 nitrogen and oxygen atoms in total. The highest BCUT2D eigenvalue weighted by atomic mass is 16.7. The van der Waals surface area contributed by atoms with Crippen molar-refractivity contribution >= 4 is 17.7 Å². The van der Waals surface area contributed by atoms with Gasteiger partial charge in [0.2, 0.25) is 0 Å². The summed E-state index contributed by atoms with van der Waals surface area (Å²) >= 11 is 0. The number of amides is 1. The molecular weight excluding hydrogens is 318 g/mol. The second-order valence-electron chi connectivity index (χ2n) is 5.56. The van der Waals surface area contributed by atoms with Crippen LogP contribution in [0.1, 0.15) is 32.3 Å². The molecule has 0 saturated heterocycles. The van der Waals surface area contributed by atoms with Crippen molar-refractivity contribution in [2.75, 3.05) is 7.05 Å². The van der Waals surface area contributed by atoms with Crippen molar-refractivity contribution in [1.29, 1.82) is 0 Å². The number of nitrogens with zero attached hydrogens (tertiary/aromatic N) is 2. The Hall–Kier alpha value is -2.84. The molecule has 0 fully saturated rings. The van der Waals surface area contributed by atoms with E-state index in [1.807, 2.05) is 6.92 Å². The Kier molecular flexibility index (Phi) is 4.91. The van der Waals surface area contributed by atoms with E-state index in [2.05, 4.69) is 10.5 Å². The maximum atomic E-state index is 11.2. The summed E-state index contributed by atoms with van der Waals surface area (Å²) in [6, 6.07) is 2.67. The number of nitro groups is 1. The minimum absolute atomic E-state index is 0.0281. The van der Waals surface area contributed by atoms with Crippen LogP contribution >= 0.6 is 0 Å². The molecule has 1 aliphatic heterocycles. The average Bonchev–Trinajstić information content (AvgIpc) is 2.53. The van der Waals surface area contributed by atoms with E-state index in [0.717, 1.165) is 6.42 Å². The second-order valence-corrected chi connectivity index (χ2v) is 5.56. The first-order chi connectivity index (χ1) is 11.3. The largest absolute Gasteiger partial charge is 0.473 e. The van der Waals surface area contributed by atoms with Gasteiger partial charge in [0.25, 0.3) is 11.6 Å². The van der Waals surface area contributed by atoms with Crippen molar-refractivity contribution in [2.45, 2.75) is 39.2 Å². The number of ether oxygens (including phenoxy) is 2. The van der Waals surface area contributed by atoms with Gasteiger partial charge in [0.05, 0.1) is 11.0 Å². The number of carbonyl (C=O) groups excluding carboxylic acids is 1. The first-order valence-corrected chi connectivity index (χ1v) is 7.44. The van der Waals surface area contributed by atoms with Crippen LogP contribution < -0.4 is 14.8 Å². The number of non-ortho nitro benzene ring substituents is 1. The monoisotopic (exact) mass is 337 g/mol. The van der Waals surface area contributed by atoms with Gasteiger partial charge < -0.3 is 14.8 Å². The molecular formula is C15H19N3O6. The molecule has 1 aliphatic rings. The summed E-state index contributed by atoms with van der Waals surface area (Å²) < 4.78 is 11.7. The van der Waals surface area contributed by atoms with Gasteiger partial charge in [-0.2, -0.15) is 0 Å². The van der Waals surface area contributed by atoms with E-state index in [1.54, 1.807) is 13.8 Å². The van der Waals surface area contributed by atoms with Gasteiger partial charge in [0, 0.05) is 18.7 Å². The predicted molar refractivity (Wildman–Crippen MR) is 85.4 cm³/mol. The molecule has 0 saturated carbocycles. The SMILES string of the molecule is CCCC1(C)Oc2c(C)cc([N+](=O)[O-])cc2OC1=NOC(=O)NC. The van der Waals surface area contributed by atoms with Gasteiger partial charge in [-0.05, 0) is 25.4 Å². The molecule has 0 aliphatic carbocycles. The van der Waals surface area contributed by atoms with Crippen LogP contribution in [0, 0.1) is 17.0 Å². The van der Waals surface area contributed by atoms with Crippen LogP contribution in [0.25, 0.3) is 0 Å². The van der Waals surface area contributed by atoms with Crippen LogP contribution in [-0.2, 0) is 4.84 Å². The van der Waals surface area contributed by atoms with Gasteiger partial charge in [-0.1, -0.05) is 13.3 Å². The van der Waals surface area contributed by atoms with E-state index < -0.39 is 16.6 Å². The number of rotatable bonds is 4. The average molecular weight is 337 g/mol. The van der Waals surface area contributed by atoms with Crippen molar-refractivity contribution in [3.63, 3.8) is 0 Å². The lowest BCUT2D eigenvalue weighted by atomic mass is 9.98. The van der Waals surface area contributed by atoms with E-state index in [1.165, 1.54) is 19.2 Å². The maximum Gasteiger partial charge on any atom is 0.433 e. The van der Waals surface area contributed by atoms with Crippen molar-refractivity contribution in [2.24, 2.45) is 5.16 Å². The number of nitro benzene ring substituents is 1. The van der Waals surface area contributed by atoms with Crippen molar-refractivity contribution in [1.82, 2.24) is 5.32 Å². The molecule has 0 radical (unpaired) electrons. The van der Waals surface area contributed by atoms with Crippen LogP contribution in [0.2, 0.25) is 0 Å². The smallest absolute Gasteiger partial charge is 0.433 e. The molecule has 130 valence electrons. The number of carbonyl (C=O) groups is 1. The van der Waals surface area contributed by atoms with Crippen molar-refractivity contribution < 1.29 is 24.0 Å². The van der Waals surface area contributed by atoms with Gasteiger partial charge in [0.1, 0.15) is 0 Å². The summed E-state index contributed by atoms with van der Waals surface area (Å²) in [6.45, 7) is 5.42. The van der Waals surface area contributed by atoms with Crippen molar-refractivity contribution in [3.05, 3.63) is 27.8 Å². The summed E-state index contributed by atoms with van der Waals surface area (Å²) in [5.41, 5.74) is -0.496. The minimum atomic E-state index is -0.948. The lowest BCUT2D eigenvalue weighted by Crippen LogP contribution is -2.47. The highest BCUT2D eigenvalue weighted by Gasteiger charge is 2.42. The topological polar surface area (TPSA) is 112 Å². The van der Waals surface area contributed by atoms with Gasteiger partial charge in [-0.25, -0.2) is 4.79 Å². The second kappa shape index (κ2) is 6.73. The Labute approximate surface area is 138 Å². The Morgan fingerprint density at radius 3 is 2.79 bits per heavy atom. The van der Waals surface area contributed by atoms with Gasteiger partial charge in [-0.3, -0.25) is 15.0 Å². The highest BCUT2D eigenvalue weighted by Crippen LogP contribution is 2.42. The van der Waals surface area contributed by atoms with Gasteiger partial charge in [0.15, 0.2) is 17.1 Å². The van der Waals surface area contributed by atoms with E-state index >= 15 is 0 Å². The molecule has 0 bridgehead atoms. The van der Waals surface area contributed by atoms with Crippen LogP contribution in [-0.4, -0.2) is 29.6 Å². The molecule has 2 rings (SSSR count). The van der Waals surface area contributed by atoms with E-state index in [-0.39, 0.29) is 17.3 Å². The lowest BCUT2D eigenvalue weighted by molar-refractivity contribution is -0.385. The lowest BCUT2D eigenvalue weighted by Gasteiger charge is -2.35. The summed E-state index contributed by atoms with van der Waals surface area (Å²) in [4.78, 5) is 26.4. The molecule has 0 aromatic heterocycles. The van der Waals surface area contributed by atoms with Crippen LogP contribution in [0.4, 0.5) is 10.5 Å². The maximum absolute atomic E-state index is 11.2. The number of aryl methyl sites for hydroxylation is 1. The molecule has 1 heterocycles. The van der Waals surface area contributed by atoms with Crippen LogP contribution in [0.5, 0.6) is 11.5 Å². The van der Waals surface area contributed by atoms with Crippen molar-refractivity contribution in [3.8, 4) is 11.5 Å². The van der Waals surface area contributed by atoms with Crippen LogP contribution in [0.3, 0.4) is 0 Å². The number of nitrogens with one attached hydrogen (secondary N) is 1. The zero-order valence-electron chi connectivity index (χ0n) is 13.9. The Morgan fingerprint density at radius 2 is 2.21 bits per heavy atom. The zero-order chi connectivity index (χ0) is 17.9. The standard InChI is InChI=1S/C15H19N3O6/c1-5-6-15(3)13(17-24-14(19)16-4)22-11-8-10(18(20)21)7-9(2)12(11)23-15/h7-8H,5-6H2,1-4H3,(H,16,19). The Balaban J connectivity index is 2.46. The summed E-state index contributed by atoms with van der Waals surface area (Å²) in [5, 5.41) is 17.0. The molecule has 24 heavy (non-hydrogen) atoms. The number of oxime groups is 1. The normalized spacial score (nSPS) is 20.6. The first-order valence-electron chi connectivity index (χ1n) is 7.44. The zero-order valence-corrected chi connectivity index (χ0v) is 13.9. The third-order valence-electron chi connectivity index (χ3n) is 3.57. The quantitative estimate of drug-likeness (QED) is 0.513. The van der Waals surface area contributed by atoms with Gasteiger partial charge in [-0.15, -0.1) is 0 Å². The van der Waals surface area contributed by atoms with E-state index in [0.29, 0.717) is 17.7 Å². The molecule has 1 atom stereocenters. The van der Waals surface area contributed by atoms with Crippen LogP contribution in [0.15, 0.2) is 17.3 Å². The number of hydrogen-bond acceptors (Lipinski definition) is 7. The Morgan fingerprint density at radius 1 is 1.50 bits per heavy atom. The Bertz CT molecular complexity index is 703. The fourth-order valence-electron chi connectivity index (χ4n) is 2.40. The number of hydrogen-bond donors (Lipinski definition) is 1. The van der Waals surface area contributed by atoms with Gasteiger partial charge >= 0.3 is 6.09 Å². The van der Waals surface area contributed by atoms with E-state index in [4.69, 9.17) is 14.3 Å². The first kappa shape index (κ1) is 17.5. The minimum Gasteiger partial charge on any atom is -0.473 e. The molecule has 1 N–H and O–H groups in total. The van der Waals surface area contributed by atoms with E-state index in [9.17, 15) is 14.9 Å². The summed E-state index contributed by atoms with van der Waals surface area (Å²) in [7, 11) is 1.40. The summed E-state index contributed by atoms with van der Waals surface area (Å²) in [5.74, 6) is 0.602. The molecule has 1 amide bonds. The third kappa shape index (κ3) is 3.39. The molecule has 1 aromatic carbocycles. The molecule has 1 aromatic rings. The fraction of sp³-hybridized carbons (Fsp3) is 0.467. The summed E-state index contributed by atoms with van der Waals surface area (Å²) in [6.07, 6.45) is 0.560. The number of fused-ring (bicyclic) bond motifs is 1. The molecule has 1 unspecified atom stereocenters. The third-order valence-corrected chi connectivity index (χ3v) is 3.57. The molecule has 9 heteroatoms. The molecule has 0 spiro atoms. The fourth-order valence-corrected chi connectivity index (χ4v) is 2.40. The predicted octanol–water partition coefficient (Wildman–Crippen LogP) is 2.90. The number of benzene rings is 1.